The van der Waals surface area contributed by atoms with Gasteiger partial charge in [0.15, 0.2) is 5.13 Å². The lowest BCUT2D eigenvalue weighted by atomic mass is 10.3. The molecular formula is C20H14Cl2N4OS. The van der Waals surface area contributed by atoms with E-state index in [0.717, 1.165) is 15.5 Å². The van der Waals surface area contributed by atoms with Gasteiger partial charge in [-0.15, -0.1) is 0 Å². The van der Waals surface area contributed by atoms with E-state index in [1.807, 2.05) is 42.5 Å². The van der Waals surface area contributed by atoms with Crippen LogP contribution in [-0.2, 0) is 0 Å². The minimum atomic E-state index is -0.451. The van der Waals surface area contributed by atoms with E-state index in [4.69, 9.17) is 23.2 Å². The third kappa shape index (κ3) is 4.04. The Morgan fingerprint density at radius 2 is 1.57 bits per heavy atom. The lowest BCUT2D eigenvalue weighted by Crippen LogP contribution is -2.20. The zero-order chi connectivity index (χ0) is 19.5. The number of nitrogens with zero attached hydrogens (tertiary/aromatic N) is 1. The number of fused-ring (bicyclic) bond motifs is 1. The summed E-state index contributed by atoms with van der Waals surface area (Å²) in [5.74, 6) is 0. The van der Waals surface area contributed by atoms with Crippen LogP contribution in [0.2, 0.25) is 10.0 Å². The molecule has 140 valence electrons. The van der Waals surface area contributed by atoms with Crippen molar-refractivity contribution in [3.8, 4) is 0 Å². The van der Waals surface area contributed by atoms with E-state index in [9.17, 15) is 4.79 Å². The highest BCUT2D eigenvalue weighted by Crippen LogP contribution is 2.33. The van der Waals surface area contributed by atoms with Crippen LogP contribution in [0.3, 0.4) is 0 Å². The number of para-hydroxylation sites is 3. The van der Waals surface area contributed by atoms with Crippen LogP contribution in [0.1, 0.15) is 0 Å². The average Bonchev–Trinajstić information content (AvgIpc) is 3.09. The van der Waals surface area contributed by atoms with Crippen LogP contribution in [-0.4, -0.2) is 11.0 Å². The number of hydrogen-bond acceptors (Lipinski definition) is 4. The first kappa shape index (κ1) is 18.6. The monoisotopic (exact) mass is 428 g/mol. The summed E-state index contributed by atoms with van der Waals surface area (Å²) in [4.78, 5) is 17.1. The van der Waals surface area contributed by atoms with E-state index in [0.29, 0.717) is 26.9 Å². The van der Waals surface area contributed by atoms with Crippen LogP contribution in [0.4, 0.5) is 27.0 Å². The standard InChI is InChI=1S/C20H14Cl2N4OS/c21-13-8-4-9-14(22)17(13)25-19(27)24-15-10-5-11-16-18(15)26-20(28-16)23-12-6-2-1-3-7-12/h1-11H,(H,23,26)(H2,24,25,27). The number of anilines is 4. The minimum Gasteiger partial charge on any atom is -0.332 e. The molecule has 0 unspecified atom stereocenters. The molecule has 0 aliphatic heterocycles. The van der Waals surface area contributed by atoms with Gasteiger partial charge in [-0.1, -0.05) is 64.9 Å². The first-order valence-corrected chi connectivity index (χ1v) is 9.91. The van der Waals surface area contributed by atoms with Gasteiger partial charge in [-0.05, 0) is 36.4 Å². The maximum absolute atomic E-state index is 12.4. The van der Waals surface area contributed by atoms with E-state index < -0.39 is 6.03 Å². The molecule has 0 aliphatic carbocycles. The molecule has 28 heavy (non-hydrogen) atoms. The Morgan fingerprint density at radius 3 is 2.32 bits per heavy atom. The van der Waals surface area contributed by atoms with Crippen LogP contribution in [0.25, 0.3) is 10.2 Å². The Kier molecular flexibility index (Phi) is 5.34. The summed E-state index contributed by atoms with van der Waals surface area (Å²) in [5.41, 5.74) is 2.60. The molecule has 5 nitrogen and oxygen atoms in total. The second-order valence-corrected chi connectivity index (χ2v) is 7.68. The summed E-state index contributed by atoms with van der Waals surface area (Å²) >= 11 is 13.7. The number of amides is 2. The first-order chi connectivity index (χ1) is 13.6. The third-order valence-electron chi connectivity index (χ3n) is 3.89. The van der Waals surface area contributed by atoms with Gasteiger partial charge in [-0.3, -0.25) is 0 Å². The van der Waals surface area contributed by atoms with E-state index in [1.54, 1.807) is 24.3 Å². The molecule has 4 aromatic rings. The van der Waals surface area contributed by atoms with E-state index in [1.165, 1.54) is 11.3 Å². The van der Waals surface area contributed by atoms with Crippen molar-refractivity contribution >= 4 is 73.0 Å². The molecule has 0 spiro atoms. The molecule has 3 N–H and O–H groups in total. The molecule has 1 aromatic heterocycles. The molecule has 0 bridgehead atoms. The van der Waals surface area contributed by atoms with Crippen molar-refractivity contribution in [2.45, 2.75) is 0 Å². The Bertz CT molecular complexity index is 1130. The van der Waals surface area contributed by atoms with Crippen LogP contribution in [0.15, 0.2) is 66.7 Å². The highest BCUT2D eigenvalue weighted by molar-refractivity contribution is 7.22. The quantitative estimate of drug-likeness (QED) is 0.328. The zero-order valence-corrected chi connectivity index (χ0v) is 16.7. The van der Waals surface area contributed by atoms with Crippen LogP contribution < -0.4 is 16.0 Å². The van der Waals surface area contributed by atoms with Gasteiger partial charge < -0.3 is 16.0 Å². The number of nitrogens with one attached hydrogen (secondary N) is 3. The molecule has 0 atom stereocenters. The number of urea groups is 1. The van der Waals surface area contributed by atoms with Crippen molar-refractivity contribution < 1.29 is 4.79 Å². The van der Waals surface area contributed by atoms with Crippen LogP contribution in [0.5, 0.6) is 0 Å². The molecule has 0 aliphatic rings. The predicted octanol–water partition coefficient (Wildman–Crippen LogP) is 6.99. The van der Waals surface area contributed by atoms with Gasteiger partial charge in [0, 0.05) is 5.69 Å². The van der Waals surface area contributed by atoms with E-state index >= 15 is 0 Å². The summed E-state index contributed by atoms with van der Waals surface area (Å²) in [7, 11) is 0. The summed E-state index contributed by atoms with van der Waals surface area (Å²) in [6, 6.07) is 20.0. The van der Waals surface area contributed by atoms with E-state index in [2.05, 4.69) is 20.9 Å². The van der Waals surface area contributed by atoms with Gasteiger partial charge in [-0.2, -0.15) is 0 Å². The smallest absolute Gasteiger partial charge is 0.323 e. The molecule has 1 heterocycles. The first-order valence-electron chi connectivity index (χ1n) is 8.34. The average molecular weight is 429 g/mol. The summed E-state index contributed by atoms with van der Waals surface area (Å²) < 4.78 is 0.951. The Morgan fingerprint density at radius 1 is 0.857 bits per heavy atom. The maximum Gasteiger partial charge on any atom is 0.323 e. The fourth-order valence-corrected chi connectivity index (χ4v) is 4.04. The zero-order valence-electron chi connectivity index (χ0n) is 14.4. The molecule has 0 fully saturated rings. The van der Waals surface area contributed by atoms with Gasteiger partial charge in [-0.25, -0.2) is 9.78 Å². The molecule has 0 radical (unpaired) electrons. The number of aromatic nitrogens is 1. The second kappa shape index (κ2) is 8.06. The number of hydrogen-bond donors (Lipinski definition) is 3. The van der Waals surface area contributed by atoms with Crippen molar-refractivity contribution in [2.24, 2.45) is 0 Å². The number of carbonyl (C=O) groups excluding carboxylic acids is 1. The molecule has 0 saturated carbocycles. The van der Waals surface area contributed by atoms with Gasteiger partial charge in [0.05, 0.1) is 26.1 Å². The van der Waals surface area contributed by atoms with Crippen molar-refractivity contribution in [1.82, 2.24) is 4.98 Å². The van der Waals surface area contributed by atoms with Crippen LogP contribution >= 0.6 is 34.5 Å². The molecule has 2 amide bonds. The van der Waals surface area contributed by atoms with Crippen molar-refractivity contribution in [3.63, 3.8) is 0 Å². The van der Waals surface area contributed by atoms with Gasteiger partial charge in [0.25, 0.3) is 0 Å². The fraction of sp³-hybridized carbons (Fsp3) is 0. The highest BCUT2D eigenvalue weighted by atomic mass is 35.5. The third-order valence-corrected chi connectivity index (χ3v) is 5.46. The van der Waals surface area contributed by atoms with Crippen molar-refractivity contribution in [3.05, 3.63) is 76.8 Å². The van der Waals surface area contributed by atoms with Crippen molar-refractivity contribution in [1.29, 1.82) is 0 Å². The number of rotatable bonds is 4. The number of carbonyl (C=O) groups is 1. The number of benzene rings is 3. The normalized spacial score (nSPS) is 10.6. The van der Waals surface area contributed by atoms with Gasteiger partial charge in [0.2, 0.25) is 0 Å². The number of thiazole rings is 1. The van der Waals surface area contributed by atoms with Gasteiger partial charge in [0.1, 0.15) is 5.52 Å². The number of halogens is 2. The van der Waals surface area contributed by atoms with E-state index in [-0.39, 0.29) is 0 Å². The lowest BCUT2D eigenvalue weighted by Gasteiger charge is -2.10. The molecule has 8 heteroatoms. The second-order valence-electron chi connectivity index (χ2n) is 5.84. The SMILES string of the molecule is O=C(Nc1c(Cl)cccc1Cl)Nc1cccc2sc(Nc3ccccc3)nc12. The largest absolute Gasteiger partial charge is 0.332 e. The Balaban J connectivity index is 1.56. The molecule has 0 saturated heterocycles. The molecular weight excluding hydrogens is 415 g/mol. The maximum atomic E-state index is 12.4. The molecule has 3 aromatic carbocycles. The predicted molar refractivity (Wildman–Crippen MR) is 118 cm³/mol. The summed E-state index contributed by atoms with van der Waals surface area (Å²) in [6.45, 7) is 0. The Labute approximate surface area is 175 Å². The topological polar surface area (TPSA) is 66.1 Å². The van der Waals surface area contributed by atoms with Gasteiger partial charge >= 0.3 is 6.03 Å². The Hall–Kier alpha value is -2.80. The highest BCUT2D eigenvalue weighted by Gasteiger charge is 2.13. The summed E-state index contributed by atoms with van der Waals surface area (Å²) in [6.07, 6.45) is 0. The lowest BCUT2D eigenvalue weighted by molar-refractivity contribution is 0.262. The van der Waals surface area contributed by atoms with Crippen LogP contribution in [0, 0.1) is 0 Å². The van der Waals surface area contributed by atoms with Crippen molar-refractivity contribution in [2.75, 3.05) is 16.0 Å². The fourth-order valence-electron chi connectivity index (χ4n) is 2.63. The summed E-state index contributed by atoms with van der Waals surface area (Å²) in [5, 5.41) is 10.2. The minimum absolute atomic E-state index is 0.361. The molecule has 4 rings (SSSR count).